The summed E-state index contributed by atoms with van der Waals surface area (Å²) in [6, 6.07) is 3.20. The first-order valence-electron chi connectivity index (χ1n) is 11.4. The Labute approximate surface area is 194 Å². The average molecular weight is 478 g/mol. The smallest absolute Gasteiger partial charge is 0.408 e. The third-order valence-electron chi connectivity index (χ3n) is 5.84. The molecule has 0 saturated heterocycles. The van der Waals surface area contributed by atoms with Crippen LogP contribution in [0.2, 0.25) is 0 Å². The molecular weight excluding hydrogens is 445 g/mol. The molecule has 0 unspecified atom stereocenters. The number of carbonyl (C=O) groups is 1. The lowest BCUT2D eigenvalue weighted by Gasteiger charge is -2.23. The van der Waals surface area contributed by atoms with E-state index in [4.69, 9.17) is 4.74 Å². The number of ether oxygens (including phenoxy) is 1. The Morgan fingerprint density at radius 1 is 1.15 bits per heavy atom. The number of aryl methyl sites for hydroxylation is 1. The van der Waals surface area contributed by atoms with E-state index in [0.717, 1.165) is 29.7 Å². The van der Waals surface area contributed by atoms with E-state index in [0.29, 0.717) is 29.5 Å². The molecule has 9 heteroatoms. The molecule has 1 heterocycles. The monoisotopic (exact) mass is 477 g/mol. The number of hydrogen-bond acceptors (Lipinski definition) is 5. The van der Waals surface area contributed by atoms with Crippen molar-refractivity contribution in [1.82, 2.24) is 15.0 Å². The lowest BCUT2D eigenvalue weighted by atomic mass is 9.99. The number of benzene rings is 1. The number of pyridine rings is 1. The molecule has 0 spiro atoms. The summed E-state index contributed by atoms with van der Waals surface area (Å²) in [4.78, 5) is 17.2. The first kappa shape index (κ1) is 23.9. The Morgan fingerprint density at radius 2 is 1.85 bits per heavy atom. The van der Waals surface area contributed by atoms with Gasteiger partial charge in [-0.2, -0.15) is 0 Å². The van der Waals surface area contributed by atoms with Crippen molar-refractivity contribution >= 4 is 26.9 Å². The summed E-state index contributed by atoms with van der Waals surface area (Å²) < 4.78 is 48.3. The molecule has 180 valence electrons. The van der Waals surface area contributed by atoms with E-state index >= 15 is 0 Å². The number of aromatic nitrogens is 1. The van der Waals surface area contributed by atoms with Gasteiger partial charge >= 0.3 is 6.09 Å². The van der Waals surface area contributed by atoms with Crippen molar-refractivity contribution in [2.45, 2.75) is 88.4 Å². The van der Waals surface area contributed by atoms with Gasteiger partial charge in [-0.05, 0) is 83.6 Å². The highest BCUT2D eigenvalue weighted by molar-refractivity contribution is 7.89. The molecule has 4 rings (SSSR count). The molecule has 0 aliphatic heterocycles. The zero-order valence-electron chi connectivity index (χ0n) is 19.8. The molecule has 1 aromatic carbocycles. The van der Waals surface area contributed by atoms with E-state index in [2.05, 4.69) is 15.0 Å². The number of alkyl halides is 1. The standard InChI is InChI=1S/C24H32FN3O4S/c1-23(2,3)32-22(29)28-18-9-8-15-10-20(33(30,31)27-13-24(4,5)25)16-11-19(14-6-7-14)26-12-17(16)21(15)18/h10-12,14,18,27H,6-9,13H2,1-5H3,(H,28,29)/t18-/m1/s1. The van der Waals surface area contributed by atoms with E-state index in [9.17, 15) is 17.6 Å². The molecule has 0 bridgehead atoms. The maximum absolute atomic E-state index is 14.0. The van der Waals surface area contributed by atoms with Crippen LogP contribution in [0.1, 0.15) is 82.7 Å². The molecule has 0 radical (unpaired) electrons. The van der Waals surface area contributed by atoms with Gasteiger partial charge in [-0.3, -0.25) is 4.98 Å². The molecule has 33 heavy (non-hydrogen) atoms. The number of nitrogens with one attached hydrogen (secondary N) is 2. The molecule has 1 fully saturated rings. The molecular formula is C24H32FN3O4S. The van der Waals surface area contributed by atoms with Crippen LogP contribution >= 0.6 is 0 Å². The van der Waals surface area contributed by atoms with Crippen molar-refractivity contribution in [2.75, 3.05) is 6.54 Å². The Balaban J connectivity index is 1.78. The predicted molar refractivity (Wildman–Crippen MR) is 125 cm³/mol. The third kappa shape index (κ3) is 5.46. The van der Waals surface area contributed by atoms with E-state index < -0.39 is 27.4 Å². The van der Waals surface area contributed by atoms with E-state index in [1.54, 1.807) is 33.0 Å². The first-order chi connectivity index (χ1) is 15.2. The van der Waals surface area contributed by atoms with Crippen LogP contribution in [0, 0.1) is 0 Å². The zero-order valence-corrected chi connectivity index (χ0v) is 20.6. The summed E-state index contributed by atoms with van der Waals surface area (Å²) in [5, 5.41) is 4.17. The van der Waals surface area contributed by atoms with Crippen molar-refractivity contribution in [1.29, 1.82) is 0 Å². The third-order valence-corrected chi connectivity index (χ3v) is 7.28. The number of halogens is 1. The lowest BCUT2D eigenvalue weighted by Crippen LogP contribution is -2.35. The van der Waals surface area contributed by atoms with Gasteiger partial charge in [-0.25, -0.2) is 22.3 Å². The van der Waals surface area contributed by atoms with Gasteiger partial charge in [0.1, 0.15) is 11.3 Å². The van der Waals surface area contributed by atoms with Crippen LogP contribution in [0.3, 0.4) is 0 Å². The van der Waals surface area contributed by atoms with Crippen LogP contribution in [-0.2, 0) is 21.2 Å². The largest absolute Gasteiger partial charge is 0.444 e. The molecule has 1 aromatic heterocycles. The van der Waals surface area contributed by atoms with Crippen LogP contribution in [0.15, 0.2) is 23.2 Å². The number of fused-ring (bicyclic) bond motifs is 3. The maximum Gasteiger partial charge on any atom is 0.408 e. The fourth-order valence-electron chi connectivity index (χ4n) is 4.20. The topological polar surface area (TPSA) is 97.4 Å². The van der Waals surface area contributed by atoms with Crippen molar-refractivity contribution < 1.29 is 22.3 Å². The summed E-state index contributed by atoms with van der Waals surface area (Å²) in [5.41, 5.74) is 0.268. The molecule has 1 saturated carbocycles. The maximum atomic E-state index is 14.0. The van der Waals surface area contributed by atoms with Crippen molar-refractivity contribution in [2.24, 2.45) is 0 Å². The van der Waals surface area contributed by atoms with Gasteiger partial charge in [0.05, 0.1) is 10.9 Å². The molecule has 7 nitrogen and oxygen atoms in total. The fraction of sp³-hybridized carbons (Fsp3) is 0.583. The quantitative estimate of drug-likeness (QED) is 0.631. The van der Waals surface area contributed by atoms with Crippen molar-refractivity contribution in [3.8, 4) is 0 Å². The minimum atomic E-state index is -3.96. The highest BCUT2D eigenvalue weighted by Gasteiger charge is 2.33. The number of rotatable bonds is 6. The summed E-state index contributed by atoms with van der Waals surface area (Å²) in [6.07, 6.45) is 4.50. The SMILES string of the molecule is CC(C)(F)CNS(=O)(=O)c1cc2c(c3cnc(C4CC4)cc13)[C@H](NC(=O)OC(C)(C)C)CC2. The van der Waals surface area contributed by atoms with Crippen LogP contribution in [0.5, 0.6) is 0 Å². The van der Waals surface area contributed by atoms with Gasteiger partial charge < -0.3 is 10.1 Å². The van der Waals surface area contributed by atoms with E-state index in [1.807, 2.05) is 6.07 Å². The zero-order chi connectivity index (χ0) is 24.2. The summed E-state index contributed by atoms with van der Waals surface area (Å²) in [7, 11) is -3.96. The summed E-state index contributed by atoms with van der Waals surface area (Å²) in [5.74, 6) is 0.339. The van der Waals surface area contributed by atoms with Crippen LogP contribution in [0.25, 0.3) is 10.8 Å². The highest BCUT2D eigenvalue weighted by Crippen LogP contribution is 2.43. The van der Waals surface area contributed by atoms with Crippen molar-refractivity contribution in [3.63, 3.8) is 0 Å². The molecule has 1 amide bonds. The predicted octanol–water partition coefficient (Wildman–Crippen LogP) is 4.65. The molecule has 2 aliphatic rings. The second-order valence-corrected chi connectivity index (χ2v) is 12.4. The number of nitrogens with zero attached hydrogens (tertiary/aromatic N) is 1. The lowest BCUT2D eigenvalue weighted by molar-refractivity contribution is 0.0504. The summed E-state index contributed by atoms with van der Waals surface area (Å²) >= 11 is 0. The minimum Gasteiger partial charge on any atom is -0.444 e. The number of carbonyl (C=O) groups excluding carboxylic acids is 1. The second kappa shape index (κ2) is 8.20. The minimum absolute atomic E-state index is 0.128. The summed E-state index contributed by atoms with van der Waals surface area (Å²) in [6.45, 7) is 7.75. The van der Waals surface area contributed by atoms with Gasteiger partial charge in [0.25, 0.3) is 0 Å². The van der Waals surface area contributed by atoms with Gasteiger partial charge in [0.2, 0.25) is 10.0 Å². The Hall–Kier alpha value is -2.26. The average Bonchev–Trinajstić information content (AvgIpc) is 3.45. The normalized spacial score (nSPS) is 18.9. The molecule has 2 aromatic rings. The van der Waals surface area contributed by atoms with Gasteiger partial charge in [0.15, 0.2) is 0 Å². The van der Waals surface area contributed by atoms with E-state index in [-0.39, 0.29) is 17.5 Å². The second-order valence-electron chi connectivity index (χ2n) is 10.7. The van der Waals surface area contributed by atoms with Gasteiger partial charge in [-0.15, -0.1) is 0 Å². The van der Waals surface area contributed by atoms with Crippen LogP contribution in [-0.4, -0.2) is 37.3 Å². The fourth-order valence-corrected chi connectivity index (χ4v) is 5.65. The first-order valence-corrected chi connectivity index (χ1v) is 12.9. The molecule has 1 atom stereocenters. The number of sulfonamides is 1. The number of amides is 1. The Kier molecular flexibility index (Phi) is 5.93. The van der Waals surface area contributed by atoms with Crippen LogP contribution in [0.4, 0.5) is 9.18 Å². The Bertz CT molecular complexity index is 1190. The van der Waals surface area contributed by atoms with Gasteiger partial charge in [0, 0.05) is 35.1 Å². The molecule has 2 aliphatic carbocycles. The number of hydrogen-bond donors (Lipinski definition) is 2. The van der Waals surface area contributed by atoms with Crippen molar-refractivity contribution in [3.05, 3.63) is 35.2 Å². The molecule has 2 N–H and O–H groups in total. The van der Waals surface area contributed by atoms with Gasteiger partial charge in [-0.1, -0.05) is 0 Å². The highest BCUT2D eigenvalue weighted by atomic mass is 32.2. The Morgan fingerprint density at radius 3 is 2.45 bits per heavy atom. The number of alkyl carbamates (subject to hydrolysis) is 1. The van der Waals surface area contributed by atoms with E-state index in [1.165, 1.54) is 13.8 Å². The van der Waals surface area contributed by atoms with Crippen LogP contribution < -0.4 is 10.0 Å².